The van der Waals surface area contributed by atoms with E-state index >= 15 is 0 Å². The first kappa shape index (κ1) is 29.7. The highest BCUT2D eigenvalue weighted by atomic mass is 32.2. The van der Waals surface area contributed by atoms with Crippen LogP contribution in [-0.2, 0) is 6.54 Å². The van der Waals surface area contributed by atoms with Gasteiger partial charge in [0.15, 0.2) is 5.75 Å². The summed E-state index contributed by atoms with van der Waals surface area (Å²) < 4.78 is 13.5. The van der Waals surface area contributed by atoms with Crippen molar-refractivity contribution in [1.82, 2.24) is 30.0 Å². The van der Waals surface area contributed by atoms with Gasteiger partial charge in [0, 0.05) is 40.3 Å². The number of pyridine rings is 2. The van der Waals surface area contributed by atoms with E-state index in [0.717, 1.165) is 58.5 Å². The molecule has 44 heavy (non-hydrogen) atoms. The van der Waals surface area contributed by atoms with Gasteiger partial charge in [-0.3, -0.25) is 9.97 Å². The Balaban J connectivity index is 1.23. The van der Waals surface area contributed by atoms with Gasteiger partial charge in [0.2, 0.25) is 5.13 Å². The molecular weight excluding hydrogens is 589 g/mol. The zero-order chi connectivity index (χ0) is 30.0. The summed E-state index contributed by atoms with van der Waals surface area (Å²) in [6.07, 6.45) is 8.75. The minimum atomic E-state index is 0.417. The Kier molecular flexibility index (Phi) is 10.1. The van der Waals surface area contributed by atoms with E-state index in [4.69, 9.17) is 9.72 Å². The standard InChI is InChI=1S/C33H32N8OS2/c34-19-26-17-28(43-41-33-39-22-40-44-33)6-7-31(26)42-32-21-38-30(24-4-2-1-3-5-24)18-29(32)25-11-15-37-27(16-25)20-36-14-10-23-8-12-35-13-9-23/h1-7,11,15-18,21-23,35-36H,8-10,12-14,20H2,(H,39,40,41). The van der Waals surface area contributed by atoms with E-state index in [1.165, 1.54) is 49.1 Å². The van der Waals surface area contributed by atoms with Crippen molar-refractivity contribution < 1.29 is 4.74 Å². The van der Waals surface area contributed by atoms with Crippen LogP contribution in [0.15, 0.2) is 90.3 Å². The first-order valence-corrected chi connectivity index (χ1v) is 16.2. The van der Waals surface area contributed by atoms with Crippen LogP contribution in [0.1, 0.15) is 30.5 Å². The molecule has 6 rings (SSSR count). The first-order chi connectivity index (χ1) is 21.7. The second kappa shape index (κ2) is 14.9. The molecule has 3 N–H and O–H groups in total. The van der Waals surface area contributed by atoms with Gasteiger partial charge in [0.05, 0.1) is 23.1 Å². The van der Waals surface area contributed by atoms with Gasteiger partial charge in [0.25, 0.3) is 0 Å². The fourth-order valence-corrected chi connectivity index (χ4v) is 6.27. The third-order valence-corrected chi connectivity index (χ3v) is 8.96. The number of nitrogens with one attached hydrogen (secondary N) is 3. The van der Waals surface area contributed by atoms with Gasteiger partial charge in [-0.1, -0.05) is 30.3 Å². The lowest BCUT2D eigenvalue weighted by atomic mass is 9.95. The van der Waals surface area contributed by atoms with E-state index in [-0.39, 0.29) is 0 Å². The lowest BCUT2D eigenvalue weighted by molar-refractivity contribution is 0.348. The molecule has 4 heterocycles. The van der Waals surface area contributed by atoms with Crippen LogP contribution in [0.4, 0.5) is 5.13 Å². The van der Waals surface area contributed by atoms with Crippen molar-refractivity contribution in [1.29, 1.82) is 5.26 Å². The monoisotopic (exact) mass is 620 g/mol. The predicted octanol–water partition coefficient (Wildman–Crippen LogP) is 6.92. The largest absolute Gasteiger partial charge is 0.454 e. The average Bonchev–Trinajstić information content (AvgIpc) is 3.61. The fraction of sp³-hybridized carbons (Fsp3) is 0.242. The maximum atomic E-state index is 9.96. The Morgan fingerprint density at radius 3 is 2.68 bits per heavy atom. The molecule has 1 fully saturated rings. The van der Waals surface area contributed by atoms with E-state index in [0.29, 0.717) is 28.7 Å². The zero-order valence-electron chi connectivity index (χ0n) is 24.1. The maximum Gasteiger partial charge on any atom is 0.212 e. The average molecular weight is 621 g/mol. The molecule has 0 amide bonds. The minimum absolute atomic E-state index is 0.417. The molecule has 0 saturated carbocycles. The summed E-state index contributed by atoms with van der Waals surface area (Å²) in [5.74, 6) is 1.80. The van der Waals surface area contributed by atoms with Gasteiger partial charge in [0.1, 0.15) is 18.1 Å². The van der Waals surface area contributed by atoms with Crippen LogP contribution in [0.25, 0.3) is 22.4 Å². The molecule has 1 aliphatic heterocycles. The van der Waals surface area contributed by atoms with Crippen molar-refractivity contribution in [2.24, 2.45) is 5.92 Å². The quantitative estimate of drug-likeness (QED) is 0.100. The van der Waals surface area contributed by atoms with Gasteiger partial charge >= 0.3 is 0 Å². The third kappa shape index (κ3) is 7.78. The molecule has 2 aromatic carbocycles. The number of benzene rings is 2. The summed E-state index contributed by atoms with van der Waals surface area (Å²) in [5.41, 5.74) is 5.06. The SMILES string of the molecule is N#Cc1cc(SNc2ncns2)ccc1Oc1cnc(-c2ccccc2)cc1-c1ccnc(CNCCC2CCNCC2)c1. The van der Waals surface area contributed by atoms with Gasteiger partial charge in [-0.2, -0.15) is 9.64 Å². The summed E-state index contributed by atoms with van der Waals surface area (Å²) in [4.78, 5) is 14.3. The van der Waals surface area contributed by atoms with Crippen molar-refractivity contribution in [2.45, 2.75) is 30.7 Å². The summed E-state index contributed by atoms with van der Waals surface area (Å²) in [7, 11) is 0. The van der Waals surface area contributed by atoms with Gasteiger partial charge in [-0.25, -0.2) is 4.98 Å². The number of piperidine rings is 1. The summed E-state index contributed by atoms with van der Waals surface area (Å²) in [6, 6.07) is 24.0. The number of nitrogens with zero attached hydrogens (tertiary/aromatic N) is 5. The summed E-state index contributed by atoms with van der Waals surface area (Å²) >= 11 is 2.63. The molecule has 5 aromatic rings. The molecule has 1 aliphatic rings. The van der Waals surface area contributed by atoms with Crippen molar-refractivity contribution >= 4 is 28.6 Å². The molecule has 0 unspecified atom stereocenters. The Morgan fingerprint density at radius 2 is 1.86 bits per heavy atom. The molecule has 9 nitrogen and oxygen atoms in total. The Bertz CT molecular complexity index is 1700. The Hall–Kier alpha value is -4.34. The number of aromatic nitrogens is 4. The normalized spacial score (nSPS) is 13.3. The molecule has 1 saturated heterocycles. The van der Waals surface area contributed by atoms with Gasteiger partial charge in [-0.15, -0.1) is 0 Å². The molecular formula is C33H32N8OS2. The van der Waals surface area contributed by atoms with Crippen LogP contribution >= 0.6 is 23.5 Å². The number of ether oxygens (including phenoxy) is 1. The topological polar surface area (TPSA) is 121 Å². The van der Waals surface area contributed by atoms with Crippen LogP contribution in [0, 0.1) is 17.2 Å². The van der Waals surface area contributed by atoms with Crippen molar-refractivity contribution in [2.75, 3.05) is 24.4 Å². The molecule has 11 heteroatoms. The van der Waals surface area contributed by atoms with Crippen molar-refractivity contribution in [3.05, 3.63) is 96.7 Å². The van der Waals surface area contributed by atoms with E-state index in [9.17, 15) is 5.26 Å². The molecule has 0 bridgehead atoms. The van der Waals surface area contributed by atoms with E-state index in [2.05, 4.69) is 41.8 Å². The predicted molar refractivity (Wildman–Crippen MR) is 175 cm³/mol. The van der Waals surface area contributed by atoms with Crippen LogP contribution in [0.5, 0.6) is 11.5 Å². The third-order valence-electron chi connectivity index (χ3n) is 7.47. The van der Waals surface area contributed by atoms with Crippen molar-refractivity contribution in [3.63, 3.8) is 0 Å². The Morgan fingerprint density at radius 1 is 0.977 bits per heavy atom. The minimum Gasteiger partial charge on any atom is -0.454 e. The van der Waals surface area contributed by atoms with E-state index < -0.39 is 0 Å². The highest BCUT2D eigenvalue weighted by Gasteiger charge is 2.16. The van der Waals surface area contributed by atoms with Gasteiger partial charge < -0.3 is 20.1 Å². The van der Waals surface area contributed by atoms with E-state index in [1.807, 2.05) is 60.8 Å². The number of hydrogen-bond donors (Lipinski definition) is 3. The molecule has 0 aliphatic carbocycles. The highest BCUT2D eigenvalue weighted by molar-refractivity contribution is 8.00. The second-order valence-electron chi connectivity index (χ2n) is 10.4. The molecule has 0 radical (unpaired) electrons. The van der Waals surface area contributed by atoms with Crippen molar-refractivity contribution in [3.8, 4) is 40.0 Å². The van der Waals surface area contributed by atoms with Crippen LogP contribution in [0.3, 0.4) is 0 Å². The first-order valence-electron chi connectivity index (χ1n) is 14.6. The van der Waals surface area contributed by atoms with Gasteiger partial charge in [-0.05, 0) is 98.7 Å². The van der Waals surface area contributed by atoms with E-state index in [1.54, 1.807) is 12.3 Å². The second-order valence-corrected chi connectivity index (χ2v) is 12.1. The highest BCUT2D eigenvalue weighted by Crippen LogP contribution is 2.37. The number of rotatable bonds is 12. The van der Waals surface area contributed by atoms with Crippen LogP contribution in [-0.4, -0.2) is 39.0 Å². The van der Waals surface area contributed by atoms with Crippen LogP contribution in [0.2, 0.25) is 0 Å². The fourth-order valence-electron chi connectivity index (χ4n) is 5.14. The lowest BCUT2D eigenvalue weighted by Crippen LogP contribution is -2.29. The number of nitriles is 1. The number of hydrogen-bond acceptors (Lipinski definition) is 11. The molecule has 222 valence electrons. The molecule has 0 spiro atoms. The smallest absolute Gasteiger partial charge is 0.212 e. The Labute approximate surface area is 265 Å². The molecule has 0 atom stereocenters. The maximum absolute atomic E-state index is 9.96. The number of anilines is 1. The zero-order valence-corrected chi connectivity index (χ0v) is 25.7. The molecule has 3 aromatic heterocycles. The lowest BCUT2D eigenvalue weighted by Gasteiger charge is -2.22. The summed E-state index contributed by atoms with van der Waals surface area (Å²) in [6.45, 7) is 3.90. The van der Waals surface area contributed by atoms with Crippen LogP contribution < -0.4 is 20.1 Å². The summed E-state index contributed by atoms with van der Waals surface area (Å²) in [5, 5.41) is 17.7.